The van der Waals surface area contributed by atoms with E-state index in [2.05, 4.69) is 4.99 Å². The van der Waals surface area contributed by atoms with Crippen molar-refractivity contribution in [2.75, 3.05) is 6.54 Å². The Morgan fingerprint density at radius 2 is 1.37 bits per heavy atom. The second-order valence-electron chi connectivity index (χ2n) is 6.10. The summed E-state index contributed by atoms with van der Waals surface area (Å²) in [4.78, 5) is 4.91. The van der Waals surface area contributed by atoms with Gasteiger partial charge in [-0.05, 0) is 29.8 Å². The lowest BCUT2D eigenvalue weighted by atomic mass is 10.1. The molecule has 1 atom stereocenters. The standard InChI is InChI=1S/C21H18N2O2S2/c24-27(25,19-14-8-3-9-15-19)23-16-20(17-10-4-1-5-11-17)26-21(23)22-18-12-6-2-7-13-18/h1-15,20H,16H2/t20-/m1/s1. The van der Waals surface area contributed by atoms with Crippen LogP contribution in [-0.4, -0.2) is 24.4 Å². The van der Waals surface area contributed by atoms with E-state index < -0.39 is 10.0 Å². The van der Waals surface area contributed by atoms with E-state index in [-0.39, 0.29) is 10.1 Å². The van der Waals surface area contributed by atoms with Crippen LogP contribution in [0.15, 0.2) is 101 Å². The van der Waals surface area contributed by atoms with Gasteiger partial charge in [-0.3, -0.25) is 0 Å². The average molecular weight is 395 g/mol. The van der Waals surface area contributed by atoms with Crippen molar-refractivity contribution in [1.29, 1.82) is 0 Å². The van der Waals surface area contributed by atoms with Gasteiger partial charge in [0.05, 0.1) is 22.4 Å². The summed E-state index contributed by atoms with van der Waals surface area (Å²) in [6.45, 7) is 0.359. The van der Waals surface area contributed by atoms with Crippen LogP contribution in [0.1, 0.15) is 10.8 Å². The number of benzene rings is 3. The lowest BCUT2D eigenvalue weighted by Crippen LogP contribution is -2.32. The second-order valence-corrected chi connectivity index (χ2v) is 9.13. The van der Waals surface area contributed by atoms with Gasteiger partial charge in [0.1, 0.15) is 0 Å². The zero-order valence-corrected chi connectivity index (χ0v) is 16.1. The van der Waals surface area contributed by atoms with Gasteiger partial charge in [-0.2, -0.15) is 0 Å². The minimum atomic E-state index is -3.67. The highest BCUT2D eigenvalue weighted by atomic mass is 32.2. The fourth-order valence-electron chi connectivity index (χ4n) is 2.91. The molecule has 27 heavy (non-hydrogen) atoms. The number of aliphatic imine (C=N–C) groups is 1. The van der Waals surface area contributed by atoms with Gasteiger partial charge < -0.3 is 0 Å². The van der Waals surface area contributed by atoms with Gasteiger partial charge in [0.25, 0.3) is 10.0 Å². The van der Waals surface area contributed by atoms with Crippen molar-refractivity contribution in [3.8, 4) is 0 Å². The Hall–Kier alpha value is -2.57. The molecule has 1 heterocycles. The lowest BCUT2D eigenvalue weighted by molar-refractivity contribution is 0.529. The van der Waals surface area contributed by atoms with Crippen molar-refractivity contribution in [3.63, 3.8) is 0 Å². The van der Waals surface area contributed by atoms with Gasteiger partial charge in [0.2, 0.25) is 0 Å². The van der Waals surface area contributed by atoms with Gasteiger partial charge in [0.15, 0.2) is 5.17 Å². The van der Waals surface area contributed by atoms with Gasteiger partial charge >= 0.3 is 0 Å². The summed E-state index contributed by atoms with van der Waals surface area (Å²) in [5.74, 6) is 0. The Balaban J connectivity index is 1.75. The second kappa shape index (κ2) is 7.58. The highest BCUT2D eigenvalue weighted by Crippen LogP contribution is 2.41. The monoisotopic (exact) mass is 394 g/mol. The Morgan fingerprint density at radius 1 is 0.815 bits per heavy atom. The van der Waals surface area contributed by atoms with E-state index in [1.165, 1.54) is 16.1 Å². The maximum atomic E-state index is 13.2. The van der Waals surface area contributed by atoms with Crippen molar-refractivity contribution in [3.05, 3.63) is 96.6 Å². The van der Waals surface area contributed by atoms with Crippen molar-refractivity contribution >= 4 is 32.6 Å². The zero-order chi connectivity index (χ0) is 18.7. The first-order valence-corrected chi connectivity index (χ1v) is 10.9. The first-order valence-electron chi connectivity index (χ1n) is 8.58. The number of nitrogens with zero attached hydrogens (tertiary/aromatic N) is 2. The third-order valence-electron chi connectivity index (χ3n) is 4.28. The van der Waals surface area contributed by atoms with Crippen LogP contribution >= 0.6 is 11.8 Å². The maximum absolute atomic E-state index is 13.2. The summed E-state index contributed by atoms with van der Waals surface area (Å²) in [7, 11) is -3.67. The molecule has 1 aliphatic heterocycles. The Bertz CT molecular complexity index is 1040. The lowest BCUT2D eigenvalue weighted by Gasteiger charge is -2.18. The van der Waals surface area contributed by atoms with E-state index in [1.54, 1.807) is 24.3 Å². The topological polar surface area (TPSA) is 49.7 Å². The van der Waals surface area contributed by atoms with Gasteiger partial charge in [0, 0.05) is 0 Å². The van der Waals surface area contributed by atoms with Crippen molar-refractivity contribution in [1.82, 2.24) is 4.31 Å². The van der Waals surface area contributed by atoms with Crippen LogP contribution in [0.3, 0.4) is 0 Å². The fraction of sp³-hybridized carbons (Fsp3) is 0.0952. The van der Waals surface area contributed by atoms with E-state index in [9.17, 15) is 8.42 Å². The molecule has 1 aliphatic rings. The number of hydrogen-bond acceptors (Lipinski definition) is 4. The van der Waals surface area contributed by atoms with Gasteiger partial charge in [-0.25, -0.2) is 17.7 Å². The van der Waals surface area contributed by atoms with Crippen LogP contribution in [0.4, 0.5) is 5.69 Å². The summed E-state index contributed by atoms with van der Waals surface area (Å²) in [6.07, 6.45) is 0. The molecule has 0 bridgehead atoms. The van der Waals surface area contributed by atoms with Gasteiger partial charge in [-0.15, -0.1) is 0 Å². The number of thioether (sulfide) groups is 1. The molecule has 1 saturated heterocycles. The molecule has 0 aromatic heterocycles. The van der Waals surface area contributed by atoms with Crippen LogP contribution in [0, 0.1) is 0 Å². The quantitative estimate of drug-likeness (QED) is 0.635. The Morgan fingerprint density at radius 3 is 2.00 bits per heavy atom. The number of hydrogen-bond donors (Lipinski definition) is 0. The van der Waals surface area contributed by atoms with E-state index in [4.69, 9.17) is 0 Å². The van der Waals surface area contributed by atoms with Crippen molar-refractivity contribution in [2.24, 2.45) is 4.99 Å². The fourth-order valence-corrected chi connectivity index (χ4v) is 5.90. The summed E-state index contributed by atoms with van der Waals surface area (Å²) < 4.78 is 27.9. The highest BCUT2D eigenvalue weighted by molar-refractivity contribution is 8.15. The van der Waals surface area contributed by atoms with Crippen LogP contribution in [0.5, 0.6) is 0 Å². The predicted molar refractivity (Wildman–Crippen MR) is 111 cm³/mol. The minimum absolute atomic E-state index is 0.00662. The molecule has 0 amide bonds. The number of rotatable bonds is 4. The van der Waals surface area contributed by atoms with Crippen molar-refractivity contribution < 1.29 is 8.42 Å². The molecule has 0 spiro atoms. The summed E-state index contributed by atoms with van der Waals surface area (Å²) in [5, 5.41) is 0.506. The first kappa shape index (κ1) is 17.8. The molecule has 4 rings (SSSR count). The highest BCUT2D eigenvalue weighted by Gasteiger charge is 2.38. The molecule has 136 valence electrons. The van der Waals surface area contributed by atoms with Crippen LogP contribution in [0.25, 0.3) is 0 Å². The molecule has 0 radical (unpaired) electrons. The van der Waals surface area contributed by atoms with E-state index >= 15 is 0 Å². The molecule has 3 aromatic carbocycles. The molecule has 0 aliphatic carbocycles. The average Bonchev–Trinajstić information content (AvgIpc) is 3.15. The predicted octanol–water partition coefficient (Wildman–Crippen LogP) is 4.85. The maximum Gasteiger partial charge on any atom is 0.265 e. The zero-order valence-electron chi connectivity index (χ0n) is 14.5. The van der Waals surface area contributed by atoms with E-state index in [0.29, 0.717) is 11.7 Å². The van der Waals surface area contributed by atoms with Crippen molar-refractivity contribution in [2.45, 2.75) is 10.1 Å². The molecular weight excluding hydrogens is 376 g/mol. The molecule has 0 unspecified atom stereocenters. The third-order valence-corrected chi connectivity index (χ3v) is 7.39. The van der Waals surface area contributed by atoms with E-state index in [0.717, 1.165) is 11.3 Å². The Labute approximate surface area is 163 Å². The smallest absolute Gasteiger partial charge is 0.243 e. The van der Waals surface area contributed by atoms with Gasteiger partial charge in [-0.1, -0.05) is 78.5 Å². The molecular formula is C21H18N2O2S2. The number of amidine groups is 1. The number of sulfonamides is 1. The molecule has 0 saturated carbocycles. The molecule has 6 heteroatoms. The minimum Gasteiger partial charge on any atom is -0.243 e. The number of para-hydroxylation sites is 1. The molecule has 4 nitrogen and oxygen atoms in total. The summed E-state index contributed by atoms with van der Waals surface area (Å²) >= 11 is 1.48. The molecule has 1 fully saturated rings. The SMILES string of the molecule is O=S(=O)(c1ccccc1)N1C[C@H](c2ccccc2)SC1=Nc1ccccc1. The third kappa shape index (κ3) is 3.77. The largest absolute Gasteiger partial charge is 0.265 e. The summed E-state index contributed by atoms with van der Waals surface area (Å²) in [6, 6.07) is 27.9. The van der Waals surface area contributed by atoms with E-state index in [1.807, 2.05) is 66.7 Å². The Kier molecular flexibility index (Phi) is 5.01. The first-order chi connectivity index (χ1) is 13.1. The molecule has 0 N–H and O–H groups in total. The van der Waals surface area contributed by atoms with Crippen LogP contribution in [-0.2, 0) is 10.0 Å². The van der Waals surface area contributed by atoms with Crippen LogP contribution in [0.2, 0.25) is 0 Å². The summed E-state index contributed by atoms with van der Waals surface area (Å²) in [5.41, 5.74) is 1.83. The molecule has 3 aromatic rings. The van der Waals surface area contributed by atoms with Crippen LogP contribution < -0.4 is 0 Å². The normalized spacial score (nSPS) is 18.7.